The number of unbranched alkanes of at least 4 members (excludes halogenated alkanes) is 2. The van der Waals surface area contributed by atoms with Crippen LogP contribution in [-0.2, 0) is 6.42 Å². The number of aryl methyl sites for hydroxylation is 1. The number of pyridine rings is 1. The zero-order chi connectivity index (χ0) is 21.5. The van der Waals surface area contributed by atoms with Crippen LogP contribution in [-0.4, -0.2) is 36.7 Å². The van der Waals surface area contributed by atoms with E-state index in [2.05, 4.69) is 57.0 Å². The van der Waals surface area contributed by atoms with E-state index >= 15 is 0 Å². The SMILES string of the molecule is CCCCCc1c(C(C)C)nc2cc(OCCCN3C=CCC3)c(OC)cc2c1C. The van der Waals surface area contributed by atoms with Crippen LogP contribution in [0.3, 0.4) is 0 Å². The normalized spacial score (nSPS) is 13.6. The van der Waals surface area contributed by atoms with Crippen molar-refractivity contribution in [1.82, 2.24) is 9.88 Å². The molecule has 1 aromatic carbocycles. The van der Waals surface area contributed by atoms with Crippen molar-refractivity contribution in [2.45, 2.75) is 72.1 Å². The number of ether oxygens (including phenoxy) is 2. The molecule has 0 saturated heterocycles. The van der Waals surface area contributed by atoms with Crippen molar-refractivity contribution in [2.75, 3.05) is 26.8 Å². The summed E-state index contributed by atoms with van der Waals surface area (Å²) in [6, 6.07) is 4.18. The summed E-state index contributed by atoms with van der Waals surface area (Å²) in [5.74, 6) is 2.00. The maximum atomic E-state index is 6.13. The molecular formula is C26H38N2O2. The molecule has 0 bridgehead atoms. The molecule has 4 nitrogen and oxygen atoms in total. The minimum absolute atomic E-state index is 0.407. The van der Waals surface area contributed by atoms with Gasteiger partial charge in [0.05, 0.1) is 19.2 Å². The highest BCUT2D eigenvalue weighted by atomic mass is 16.5. The molecule has 0 saturated carbocycles. The molecule has 0 atom stereocenters. The Hall–Kier alpha value is -2.23. The summed E-state index contributed by atoms with van der Waals surface area (Å²) < 4.78 is 11.8. The van der Waals surface area contributed by atoms with Gasteiger partial charge < -0.3 is 14.4 Å². The van der Waals surface area contributed by atoms with E-state index in [-0.39, 0.29) is 0 Å². The molecule has 2 aromatic rings. The van der Waals surface area contributed by atoms with Crippen LogP contribution in [0.2, 0.25) is 0 Å². The Kier molecular flexibility index (Phi) is 8.01. The minimum atomic E-state index is 0.407. The maximum absolute atomic E-state index is 6.13. The van der Waals surface area contributed by atoms with Crippen molar-refractivity contribution in [3.63, 3.8) is 0 Å². The fraction of sp³-hybridized carbons (Fsp3) is 0.577. The lowest BCUT2D eigenvalue weighted by Crippen LogP contribution is -2.17. The molecule has 0 N–H and O–H groups in total. The number of methoxy groups -OCH3 is 1. The van der Waals surface area contributed by atoms with Crippen molar-refractivity contribution < 1.29 is 9.47 Å². The van der Waals surface area contributed by atoms with E-state index in [1.807, 2.05) is 0 Å². The molecule has 1 aliphatic rings. The number of hydrogen-bond acceptors (Lipinski definition) is 4. The summed E-state index contributed by atoms with van der Waals surface area (Å²) in [6.07, 6.45) is 11.4. The lowest BCUT2D eigenvalue weighted by atomic mass is 9.92. The van der Waals surface area contributed by atoms with Gasteiger partial charge in [0.25, 0.3) is 0 Å². The average molecular weight is 411 g/mol. The average Bonchev–Trinajstić information content (AvgIpc) is 3.25. The summed E-state index contributed by atoms with van der Waals surface area (Å²) in [7, 11) is 1.72. The van der Waals surface area contributed by atoms with Crippen LogP contribution in [0.25, 0.3) is 10.9 Å². The van der Waals surface area contributed by atoms with Gasteiger partial charge in [-0.1, -0.05) is 39.7 Å². The number of fused-ring (bicyclic) bond motifs is 1. The molecule has 1 aliphatic heterocycles. The van der Waals surface area contributed by atoms with Crippen LogP contribution in [0.5, 0.6) is 11.5 Å². The maximum Gasteiger partial charge on any atom is 0.163 e. The lowest BCUT2D eigenvalue weighted by Gasteiger charge is -2.19. The monoisotopic (exact) mass is 410 g/mol. The van der Waals surface area contributed by atoms with Crippen molar-refractivity contribution in [1.29, 1.82) is 0 Å². The molecule has 0 amide bonds. The van der Waals surface area contributed by atoms with Crippen LogP contribution < -0.4 is 9.47 Å². The Bertz CT molecular complexity index is 873. The smallest absolute Gasteiger partial charge is 0.163 e. The third-order valence-electron chi connectivity index (χ3n) is 6.01. The molecule has 2 heterocycles. The molecule has 0 spiro atoms. The second kappa shape index (κ2) is 10.7. The molecule has 3 rings (SSSR count). The van der Waals surface area contributed by atoms with Gasteiger partial charge in [-0.3, -0.25) is 4.98 Å². The molecule has 0 aliphatic carbocycles. The van der Waals surface area contributed by atoms with E-state index in [1.165, 1.54) is 41.5 Å². The van der Waals surface area contributed by atoms with E-state index in [9.17, 15) is 0 Å². The van der Waals surface area contributed by atoms with Crippen molar-refractivity contribution in [3.8, 4) is 11.5 Å². The van der Waals surface area contributed by atoms with Gasteiger partial charge in [0.1, 0.15) is 0 Å². The highest BCUT2D eigenvalue weighted by Gasteiger charge is 2.17. The number of rotatable bonds is 11. The molecule has 0 radical (unpaired) electrons. The first kappa shape index (κ1) is 22.5. The third-order valence-corrected chi connectivity index (χ3v) is 6.01. The molecule has 30 heavy (non-hydrogen) atoms. The number of benzene rings is 1. The summed E-state index contributed by atoms with van der Waals surface area (Å²) in [6.45, 7) is 11.8. The van der Waals surface area contributed by atoms with Gasteiger partial charge in [0.2, 0.25) is 0 Å². The zero-order valence-electron chi connectivity index (χ0n) is 19.5. The topological polar surface area (TPSA) is 34.6 Å². The molecule has 0 fully saturated rings. The van der Waals surface area contributed by atoms with Crippen LogP contribution >= 0.6 is 0 Å². The second-order valence-corrected chi connectivity index (χ2v) is 8.64. The van der Waals surface area contributed by atoms with E-state index in [0.29, 0.717) is 12.5 Å². The fourth-order valence-electron chi connectivity index (χ4n) is 4.29. The Morgan fingerprint density at radius 1 is 1.13 bits per heavy atom. The number of aromatic nitrogens is 1. The fourth-order valence-corrected chi connectivity index (χ4v) is 4.29. The predicted octanol–water partition coefficient (Wildman–Crippen LogP) is 6.40. The van der Waals surface area contributed by atoms with E-state index in [4.69, 9.17) is 14.5 Å². The summed E-state index contributed by atoms with van der Waals surface area (Å²) in [5.41, 5.74) is 4.99. The Labute approximate surface area is 182 Å². The summed E-state index contributed by atoms with van der Waals surface area (Å²) in [4.78, 5) is 7.44. The van der Waals surface area contributed by atoms with E-state index in [0.717, 1.165) is 49.4 Å². The van der Waals surface area contributed by atoms with Gasteiger partial charge in [-0.15, -0.1) is 0 Å². The van der Waals surface area contributed by atoms with Crippen LogP contribution in [0.1, 0.15) is 75.6 Å². The Balaban J connectivity index is 1.84. The molecule has 4 heteroatoms. The van der Waals surface area contributed by atoms with E-state index < -0.39 is 0 Å². The first-order valence-electron chi connectivity index (χ1n) is 11.6. The standard InChI is InChI=1S/C26H38N2O2/c1-6-7-8-12-21-20(4)22-17-24(29-5)25(18-23(22)27-26(21)19(2)3)30-16-11-15-28-13-9-10-14-28/h9,13,17-19H,6-8,10-12,14-16H2,1-5H3. The quantitative estimate of drug-likeness (QED) is 0.402. The van der Waals surface area contributed by atoms with Gasteiger partial charge in [0, 0.05) is 30.2 Å². The lowest BCUT2D eigenvalue weighted by molar-refractivity contribution is 0.269. The summed E-state index contributed by atoms with van der Waals surface area (Å²) >= 11 is 0. The molecular weight excluding hydrogens is 372 g/mol. The van der Waals surface area contributed by atoms with Crippen molar-refractivity contribution >= 4 is 10.9 Å². The van der Waals surface area contributed by atoms with Crippen LogP contribution in [0.15, 0.2) is 24.4 Å². The van der Waals surface area contributed by atoms with Gasteiger partial charge >= 0.3 is 0 Å². The predicted molar refractivity (Wildman–Crippen MR) is 126 cm³/mol. The highest BCUT2D eigenvalue weighted by Crippen LogP contribution is 2.36. The van der Waals surface area contributed by atoms with E-state index in [1.54, 1.807) is 7.11 Å². The Morgan fingerprint density at radius 3 is 2.63 bits per heavy atom. The van der Waals surface area contributed by atoms with Gasteiger partial charge in [0.15, 0.2) is 11.5 Å². The third kappa shape index (κ3) is 5.27. The van der Waals surface area contributed by atoms with Crippen molar-refractivity contribution in [3.05, 3.63) is 41.2 Å². The first-order chi connectivity index (χ1) is 14.5. The number of hydrogen-bond donors (Lipinski definition) is 0. The minimum Gasteiger partial charge on any atom is -0.493 e. The molecule has 1 aromatic heterocycles. The van der Waals surface area contributed by atoms with Crippen LogP contribution in [0, 0.1) is 6.92 Å². The highest BCUT2D eigenvalue weighted by molar-refractivity contribution is 5.87. The molecule has 0 unspecified atom stereocenters. The second-order valence-electron chi connectivity index (χ2n) is 8.64. The van der Waals surface area contributed by atoms with Crippen LogP contribution in [0.4, 0.5) is 0 Å². The van der Waals surface area contributed by atoms with Crippen molar-refractivity contribution in [2.24, 2.45) is 0 Å². The zero-order valence-corrected chi connectivity index (χ0v) is 19.5. The summed E-state index contributed by atoms with van der Waals surface area (Å²) in [5, 5.41) is 1.18. The Morgan fingerprint density at radius 2 is 1.97 bits per heavy atom. The number of nitrogens with zero attached hydrogens (tertiary/aromatic N) is 2. The first-order valence-corrected chi connectivity index (χ1v) is 11.6. The largest absolute Gasteiger partial charge is 0.493 e. The van der Waals surface area contributed by atoms with Gasteiger partial charge in [-0.25, -0.2) is 0 Å². The molecule has 164 valence electrons. The van der Waals surface area contributed by atoms with Gasteiger partial charge in [-0.05, 0) is 61.9 Å². The van der Waals surface area contributed by atoms with Gasteiger partial charge in [-0.2, -0.15) is 0 Å².